The van der Waals surface area contributed by atoms with Gasteiger partial charge in [-0.1, -0.05) is 23.2 Å². The third-order valence-electron chi connectivity index (χ3n) is 4.46. The summed E-state index contributed by atoms with van der Waals surface area (Å²) < 4.78 is 0. The summed E-state index contributed by atoms with van der Waals surface area (Å²) in [6, 6.07) is 5.57. The largest absolute Gasteiger partial charge is 0.343 e. The molecule has 2 N–H and O–H groups in total. The van der Waals surface area contributed by atoms with Crippen LogP contribution in [-0.4, -0.2) is 48.4 Å². The van der Waals surface area contributed by atoms with Gasteiger partial charge in [-0.25, -0.2) is 0 Å². The Labute approximate surface area is 157 Å². The molecular formula is C16H20Cl3N3O2. The van der Waals surface area contributed by atoms with Crippen LogP contribution in [0.25, 0.3) is 0 Å². The molecule has 2 atom stereocenters. The molecule has 2 heterocycles. The lowest BCUT2D eigenvalue weighted by Crippen LogP contribution is -2.44. The molecule has 0 spiro atoms. The van der Waals surface area contributed by atoms with Crippen LogP contribution in [0.4, 0.5) is 0 Å². The highest BCUT2D eigenvalue weighted by molar-refractivity contribution is 6.42. The summed E-state index contributed by atoms with van der Waals surface area (Å²) in [7, 11) is 0. The Bertz CT molecular complexity index is 627. The van der Waals surface area contributed by atoms with E-state index in [1.807, 2.05) is 4.90 Å². The van der Waals surface area contributed by atoms with Gasteiger partial charge in [-0.2, -0.15) is 0 Å². The minimum atomic E-state index is -0.327. The second kappa shape index (κ2) is 8.39. The number of amides is 2. The van der Waals surface area contributed by atoms with Gasteiger partial charge in [0.1, 0.15) is 0 Å². The number of nitrogens with one attached hydrogen (secondary N) is 2. The third kappa shape index (κ3) is 4.54. The molecule has 0 aromatic heterocycles. The van der Waals surface area contributed by atoms with E-state index in [0.29, 0.717) is 27.7 Å². The number of nitrogens with zero attached hydrogens (tertiary/aromatic N) is 1. The van der Waals surface area contributed by atoms with Gasteiger partial charge in [-0.15, -0.1) is 12.4 Å². The lowest BCUT2D eigenvalue weighted by atomic mass is 10.1. The van der Waals surface area contributed by atoms with E-state index in [9.17, 15) is 9.59 Å². The Morgan fingerprint density at radius 1 is 1.17 bits per heavy atom. The topological polar surface area (TPSA) is 61.4 Å². The fourth-order valence-electron chi connectivity index (χ4n) is 3.18. The van der Waals surface area contributed by atoms with E-state index in [-0.39, 0.29) is 30.8 Å². The highest BCUT2D eigenvalue weighted by Crippen LogP contribution is 2.22. The number of likely N-dealkylation sites (tertiary alicyclic amines) is 1. The highest BCUT2D eigenvalue weighted by Gasteiger charge is 2.31. The number of hydrogen-bond donors (Lipinski definition) is 2. The Kier molecular flexibility index (Phi) is 6.75. The maximum Gasteiger partial charge on any atom is 0.251 e. The fraction of sp³-hybridized carbons (Fsp3) is 0.500. The van der Waals surface area contributed by atoms with Crippen LogP contribution in [0.3, 0.4) is 0 Å². The van der Waals surface area contributed by atoms with Crippen molar-refractivity contribution >= 4 is 47.4 Å². The summed E-state index contributed by atoms with van der Waals surface area (Å²) in [5, 5.41) is 6.90. The first kappa shape index (κ1) is 19.3. The maximum atomic E-state index is 12.3. The van der Waals surface area contributed by atoms with Crippen molar-refractivity contribution in [3.63, 3.8) is 0 Å². The maximum absolute atomic E-state index is 12.3. The third-order valence-corrected chi connectivity index (χ3v) is 5.20. The molecule has 24 heavy (non-hydrogen) atoms. The van der Waals surface area contributed by atoms with Gasteiger partial charge in [0.2, 0.25) is 5.91 Å². The molecule has 2 aliphatic rings. The Hall–Kier alpha value is -1.01. The number of rotatable bonds is 3. The summed E-state index contributed by atoms with van der Waals surface area (Å²) in [5.41, 5.74) is 0.392. The zero-order valence-electron chi connectivity index (χ0n) is 13.1. The number of hydrogen-bond acceptors (Lipinski definition) is 3. The van der Waals surface area contributed by atoms with E-state index in [4.69, 9.17) is 23.2 Å². The van der Waals surface area contributed by atoms with Crippen LogP contribution in [0.15, 0.2) is 18.2 Å². The standard InChI is InChI=1S/C16H19Cl2N3O2.ClH/c17-13-4-1-10(7-14(13)18)16(23)19-8-15(22)21-6-5-11-2-3-12(9-21)20-11;/h1,4,7,11-12,20H,2-3,5-6,8-9H2,(H,19,23);1H. The normalized spacial score (nSPS) is 22.5. The Morgan fingerprint density at radius 2 is 1.92 bits per heavy atom. The summed E-state index contributed by atoms with van der Waals surface area (Å²) in [6.45, 7) is 1.46. The van der Waals surface area contributed by atoms with Gasteiger partial charge in [0.05, 0.1) is 16.6 Å². The van der Waals surface area contributed by atoms with Crippen LogP contribution in [0, 0.1) is 0 Å². The predicted octanol–water partition coefficient (Wildman–Crippen LogP) is 2.50. The summed E-state index contributed by atoms with van der Waals surface area (Å²) in [6.07, 6.45) is 3.29. The summed E-state index contributed by atoms with van der Waals surface area (Å²) in [4.78, 5) is 26.3. The van der Waals surface area contributed by atoms with Gasteiger partial charge in [0.15, 0.2) is 0 Å². The van der Waals surface area contributed by atoms with Crippen LogP contribution in [0.2, 0.25) is 10.0 Å². The molecule has 2 fully saturated rings. The van der Waals surface area contributed by atoms with Gasteiger partial charge < -0.3 is 15.5 Å². The molecule has 2 amide bonds. The highest BCUT2D eigenvalue weighted by atomic mass is 35.5. The molecule has 2 aliphatic heterocycles. The number of halogens is 3. The number of benzene rings is 1. The van der Waals surface area contributed by atoms with Crippen LogP contribution in [-0.2, 0) is 4.79 Å². The van der Waals surface area contributed by atoms with Crippen molar-refractivity contribution in [2.45, 2.75) is 31.3 Å². The van der Waals surface area contributed by atoms with Crippen LogP contribution in [0.1, 0.15) is 29.6 Å². The SMILES string of the molecule is Cl.O=C(NCC(=O)N1CCC2CCC(C1)N2)c1ccc(Cl)c(Cl)c1. The van der Waals surface area contributed by atoms with Crippen molar-refractivity contribution in [3.8, 4) is 0 Å². The molecule has 1 aromatic carbocycles. The minimum absolute atomic E-state index is 0. The second-order valence-electron chi connectivity index (χ2n) is 6.08. The number of carbonyl (C=O) groups excluding carboxylic acids is 2. The van der Waals surface area contributed by atoms with E-state index in [1.165, 1.54) is 12.5 Å². The van der Waals surface area contributed by atoms with Crippen molar-refractivity contribution in [1.29, 1.82) is 0 Å². The molecule has 1 aromatic rings. The molecule has 2 unspecified atom stereocenters. The molecule has 0 radical (unpaired) electrons. The van der Waals surface area contributed by atoms with Gasteiger partial charge >= 0.3 is 0 Å². The second-order valence-corrected chi connectivity index (χ2v) is 6.89. The first-order chi connectivity index (χ1) is 11.0. The van der Waals surface area contributed by atoms with Gasteiger partial charge in [0, 0.05) is 30.7 Å². The van der Waals surface area contributed by atoms with Gasteiger partial charge in [-0.05, 0) is 37.5 Å². The van der Waals surface area contributed by atoms with E-state index in [0.717, 1.165) is 25.9 Å². The lowest BCUT2D eigenvalue weighted by molar-refractivity contribution is -0.130. The quantitative estimate of drug-likeness (QED) is 0.831. The summed E-state index contributed by atoms with van der Waals surface area (Å²) >= 11 is 11.7. The fourth-order valence-corrected chi connectivity index (χ4v) is 3.47. The number of carbonyl (C=O) groups is 2. The predicted molar refractivity (Wildman–Crippen MR) is 97.2 cm³/mol. The van der Waals surface area contributed by atoms with Crippen molar-refractivity contribution < 1.29 is 9.59 Å². The number of fused-ring (bicyclic) bond motifs is 2. The molecular weight excluding hydrogens is 373 g/mol. The van der Waals surface area contributed by atoms with Crippen LogP contribution in [0.5, 0.6) is 0 Å². The Balaban J connectivity index is 0.00000208. The molecule has 5 nitrogen and oxygen atoms in total. The average molecular weight is 393 g/mol. The van der Waals surface area contributed by atoms with Crippen molar-refractivity contribution in [2.75, 3.05) is 19.6 Å². The molecule has 3 rings (SSSR count). The smallest absolute Gasteiger partial charge is 0.251 e. The minimum Gasteiger partial charge on any atom is -0.343 e. The van der Waals surface area contributed by atoms with Gasteiger partial charge in [-0.3, -0.25) is 9.59 Å². The molecule has 2 bridgehead atoms. The summed E-state index contributed by atoms with van der Waals surface area (Å²) in [5.74, 6) is -0.376. The van der Waals surface area contributed by atoms with Gasteiger partial charge in [0.25, 0.3) is 5.91 Å². The first-order valence-corrected chi connectivity index (χ1v) is 8.55. The zero-order chi connectivity index (χ0) is 16.4. The van der Waals surface area contributed by atoms with Crippen LogP contribution >= 0.6 is 35.6 Å². The van der Waals surface area contributed by atoms with Crippen LogP contribution < -0.4 is 10.6 Å². The van der Waals surface area contributed by atoms with E-state index >= 15 is 0 Å². The van der Waals surface area contributed by atoms with E-state index < -0.39 is 0 Å². The molecule has 2 saturated heterocycles. The molecule has 8 heteroatoms. The average Bonchev–Trinajstić information content (AvgIpc) is 2.86. The lowest BCUT2D eigenvalue weighted by Gasteiger charge is -2.24. The molecule has 0 saturated carbocycles. The zero-order valence-corrected chi connectivity index (χ0v) is 15.4. The van der Waals surface area contributed by atoms with Crippen molar-refractivity contribution in [1.82, 2.24) is 15.5 Å². The van der Waals surface area contributed by atoms with Crippen molar-refractivity contribution in [2.24, 2.45) is 0 Å². The van der Waals surface area contributed by atoms with Crippen molar-refractivity contribution in [3.05, 3.63) is 33.8 Å². The Morgan fingerprint density at radius 3 is 2.67 bits per heavy atom. The first-order valence-electron chi connectivity index (χ1n) is 7.80. The van der Waals surface area contributed by atoms with E-state index in [2.05, 4.69) is 10.6 Å². The van der Waals surface area contributed by atoms with E-state index in [1.54, 1.807) is 12.1 Å². The molecule has 132 valence electrons. The molecule has 0 aliphatic carbocycles. The monoisotopic (exact) mass is 391 g/mol.